The Kier molecular flexibility index (Phi) is 6.42. The molecule has 0 atom stereocenters. The van der Waals surface area contributed by atoms with Gasteiger partial charge in [0.15, 0.2) is 17.2 Å². The highest BCUT2D eigenvalue weighted by Crippen LogP contribution is 2.40. The van der Waals surface area contributed by atoms with Gasteiger partial charge in [-0.25, -0.2) is 4.68 Å². The Morgan fingerprint density at radius 2 is 1.64 bits per heavy atom. The van der Waals surface area contributed by atoms with Crippen molar-refractivity contribution in [2.24, 2.45) is 0 Å². The van der Waals surface area contributed by atoms with Crippen LogP contribution in [0.2, 0.25) is 0 Å². The number of rotatable bonds is 7. The number of halogens is 3. The second kappa shape index (κ2) is 9.06. The molecule has 0 aliphatic carbocycles. The number of anilines is 1. The predicted octanol–water partition coefficient (Wildman–Crippen LogP) is 4.08. The molecule has 0 unspecified atom stereocenters. The standard InChI is InChI=1S/C20H17F3N4O6/c1-31-15-8-11(9-16(32-2)17(15)33-3)25-19(28)14-10-24-26(18(14)20(21,22)23)12-4-6-13(7-5-12)27(29)30/h4-10H,1-3H3,(H,25,28). The van der Waals surface area contributed by atoms with Gasteiger partial charge < -0.3 is 19.5 Å². The smallest absolute Gasteiger partial charge is 0.434 e. The molecule has 3 aromatic rings. The van der Waals surface area contributed by atoms with Crippen LogP contribution in [0.5, 0.6) is 17.2 Å². The molecule has 0 fully saturated rings. The van der Waals surface area contributed by atoms with Crippen LogP contribution in [0.15, 0.2) is 42.6 Å². The van der Waals surface area contributed by atoms with Gasteiger partial charge in [-0.15, -0.1) is 0 Å². The normalized spacial score (nSPS) is 11.1. The van der Waals surface area contributed by atoms with E-state index in [9.17, 15) is 28.1 Å². The van der Waals surface area contributed by atoms with Gasteiger partial charge in [0.1, 0.15) is 0 Å². The number of benzene rings is 2. The number of amides is 1. The van der Waals surface area contributed by atoms with Crippen LogP contribution in [0.25, 0.3) is 5.69 Å². The summed E-state index contributed by atoms with van der Waals surface area (Å²) in [5, 5.41) is 16.8. The van der Waals surface area contributed by atoms with Crippen molar-refractivity contribution >= 4 is 17.3 Å². The number of carbonyl (C=O) groups excluding carboxylic acids is 1. The summed E-state index contributed by atoms with van der Waals surface area (Å²) in [6, 6.07) is 6.97. The Hall–Kier alpha value is -4.29. The number of nitrogens with one attached hydrogen (secondary N) is 1. The molecule has 0 saturated heterocycles. The lowest BCUT2D eigenvalue weighted by molar-refractivity contribution is -0.384. The number of alkyl halides is 3. The molecule has 174 valence electrons. The van der Waals surface area contributed by atoms with E-state index in [4.69, 9.17) is 14.2 Å². The summed E-state index contributed by atoms with van der Waals surface area (Å²) in [6.07, 6.45) is -4.20. The van der Waals surface area contributed by atoms with Crippen LogP contribution in [0.4, 0.5) is 24.5 Å². The van der Waals surface area contributed by atoms with Crippen LogP contribution in [0.1, 0.15) is 16.1 Å². The maximum Gasteiger partial charge on any atom is 0.434 e. The van der Waals surface area contributed by atoms with Crippen LogP contribution >= 0.6 is 0 Å². The quantitative estimate of drug-likeness (QED) is 0.412. The van der Waals surface area contributed by atoms with Gasteiger partial charge in [-0.05, 0) is 12.1 Å². The molecule has 0 bridgehead atoms. The lowest BCUT2D eigenvalue weighted by Crippen LogP contribution is -2.20. The number of ether oxygens (including phenoxy) is 3. The first-order valence-corrected chi connectivity index (χ1v) is 9.12. The lowest BCUT2D eigenvalue weighted by Gasteiger charge is -2.15. The molecule has 1 aromatic heterocycles. The lowest BCUT2D eigenvalue weighted by atomic mass is 10.2. The average Bonchev–Trinajstić information content (AvgIpc) is 3.24. The van der Waals surface area contributed by atoms with E-state index in [1.54, 1.807) is 0 Å². The van der Waals surface area contributed by atoms with Crippen molar-refractivity contribution in [1.29, 1.82) is 0 Å². The van der Waals surface area contributed by atoms with Crippen molar-refractivity contribution in [2.45, 2.75) is 6.18 Å². The summed E-state index contributed by atoms with van der Waals surface area (Å²) in [7, 11) is 4.07. The third-order valence-corrected chi connectivity index (χ3v) is 4.51. The van der Waals surface area contributed by atoms with Crippen molar-refractivity contribution < 1.29 is 37.1 Å². The van der Waals surface area contributed by atoms with Crippen molar-refractivity contribution in [3.63, 3.8) is 0 Å². The van der Waals surface area contributed by atoms with Gasteiger partial charge in [-0.2, -0.15) is 18.3 Å². The van der Waals surface area contributed by atoms with Gasteiger partial charge >= 0.3 is 6.18 Å². The van der Waals surface area contributed by atoms with E-state index in [2.05, 4.69) is 10.4 Å². The zero-order valence-corrected chi connectivity index (χ0v) is 17.5. The van der Waals surface area contributed by atoms with Gasteiger partial charge in [-0.3, -0.25) is 14.9 Å². The Morgan fingerprint density at radius 1 is 1.06 bits per heavy atom. The Labute approximate surface area is 184 Å². The third kappa shape index (κ3) is 4.66. The molecule has 0 spiro atoms. The first-order valence-electron chi connectivity index (χ1n) is 9.12. The van der Waals surface area contributed by atoms with Crippen molar-refractivity contribution in [3.8, 4) is 22.9 Å². The van der Waals surface area contributed by atoms with Gasteiger partial charge in [0.05, 0.1) is 43.7 Å². The molecule has 0 aliphatic rings. The zero-order valence-electron chi connectivity index (χ0n) is 17.5. The van der Waals surface area contributed by atoms with E-state index < -0.39 is 28.3 Å². The van der Waals surface area contributed by atoms with Crippen molar-refractivity contribution in [3.05, 3.63) is 64.0 Å². The molecule has 2 aromatic carbocycles. The number of non-ortho nitro benzene ring substituents is 1. The van der Waals surface area contributed by atoms with Crippen LogP contribution in [0.3, 0.4) is 0 Å². The molecule has 1 amide bonds. The monoisotopic (exact) mass is 466 g/mol. The minimum Gasteiger partial charge on any atom is -0.493 e. The summed E-state index contributed by atoms with van der Waals surface area (Å²) < 4.78 is 57.6. The zero-order chi connectivity index (χ0) is 24.3. The van der Waals surface area contributed by atoms with Gasteiger partial charge in [0.2, 0.25) is 5.75 Å². The fourth-order valence-corrected chi connectivity index (χ4v) is 3.05. The number of nitro benzene ring substituents is 1. The molecule has 0 radical (unpaired) electrons. The molecular formula is C20H17F3N4O6. The molecule has 0 aliphatic heterocycles. The molecular weight excluding hydrogens is 449 g/mol. The van der Waals surface area contributed by atoms with Gasteiger partial charge in [0, 0.05) is 30.0 Å². The second-order valence-electron chi connectivity index (χ2n) is 6.46. The van der Waals surface area contributed by atoms with Crippen LogP contribution in [-0.2, 0) is 6.18 Å². The fourth-order valence-electron chi connectivity index (χ4n) is 3.05. The molecule has 1 N–H and O–H groups in total. The number of nitrogens with zero attached hydrogens (tertiary/aromatic N) is 3. The van der Waals surface area contributed by atoms with Gasteiger partial charge in [-0.1, -0.05) is 0 Å². The van der Waals surface area contributed by atoms with Crippen LogP contribution in [0, 0.1) is 10.1 Å². The van der Waals surface area contributed by atoms with E-state index in [-0.39, 0.29) is 34.3 Å². The highest BCUT2D eigenvalue weighted by molar-refractivity contribution is 6.05. The van der Waals surface area contributed by atoms with E-state index in [1.165, 1.54) is 33.5 Å². The summed E-state index contributed by atoms with van der Waals surface area (Å²) in [5.74, 6) is -0.487. The number of methoxy groups -OCH3 is 3. The number of nitro groups is 1. The molecule has 0 saturated carbocycles. The van der Waals surface area contributed by atoms with Crippen molar-refractivity contribution in [1.82, 2.24) is 9.78 Å². The third-order valence-electron chi connectivity index (χ3n) is 4.51. The Bertz CT molecular complexity index is 1170. The summed E-state index contributed by atoms with van der Waals surface area (Å²) in [4.78, 5) is 22.9. The number of hydrogen-bond acceptors (Lipinski definition) is 7. The van der Waals surface area contributed by atoms with Crippen molar-refractivity contribution in [2.75, 3.05) is 26.6 Å². The largest absolute Gasteiger partial charge is 0.493 e. The highest BCUT2D eigenvalue weighted by atomic mass is 19.4. The topological polar surface area (TPSA) is 118 Å². The SMILES string of the molecule is COc1cc(NC(=O)c2cnn(-c3ccc([N+](=O)[O-])cc3)c2C(F)(F)F)cc(OC)c1OC. The van der Waals surface area contributed by atoms with Crippen LogP contribution < -0.4 is 19.5 Å². The molecule has 1 heterocycles. The molecule has 13 heteroatoms. The predicted molar refractivity (Wildman–Crippen MR) is 109 cm³/mol. The summed E-state index contributed by atoms with van der Waals surface area (Å²) >= 11 is 0. The number of hydrogen-bond donors (Lipinski definition) is 1. The first-order chi connectivity index (χ1) is 15.6. The fraction of sp³-hybridized carbons (Fsp3) is 0.200. The Morgan fingerprint density at radius 3 is 2.09 bits per heavy atom. The molecule has 3 rings (SSSR count). The second-order valence-corrected chi connectivity index (χ2v) is 6.46. The summed E-state index contributed by atoms with van der Waals surface area (Å²) in [6.45, 7) is 0. The average molecular weight is 466 g/mol. The van der Waals surface area contributed by atoms with Crippen LogP contribution in [-0.4, -0.2) is 41.9 Å². The van der Waals surface area contributed by atoms with Gasteiger partial charge in [0.25, 0.3) is 11.6 Å². The minimum absolute atomic E-state index is 0.0886. The molecule has 10 nitrogen and oxygen atoms in total. The van der Waals surface area contributed by atoms with E-state index in [0.29, 0.717) is 4.68 Å². The maximum absolute atomic E-state index is 13.9. The molecule has 33 heavy (non-hydrogen) atoms. The highest BCUT2D eigenvalue weighted by Gasteiger charge is 2.40. The summed E-state index contributed by atoms with van der Waals surface area (Å²) in [5.41, 5.74) is -2.43. The van der Waals surface area contributed by atoms with E-state index in [0.717, 1.165) is 30.5 Å². The van der Waals surface area contributed by atoms with E-state index >= 15 is 0 Å². The number of aromatic nitrogens is 2. The van der Waals surface area contributed by atoms with E-state index in [1.807, 2.05) is 0 Å². The first kappa shape index (κ1) is 23.4. The number of carbonyl (C=O) groups is 1. The Balaban J connectivity index is 2.02. The maximum atomic E-state index is 13.9. The minimum atomic E-state index is -4.96.